The number of nitrogens with zero attached hydrogens (tertiary/aromatic N) is 4. The zero-order chi connectivity index (χ0) is 20.5. The lowest BCUT2D eigenvalue weighted by atomic mass is 9.93. The third kappa shape index (κ3) is 3.91. The molecule has 0 atom stereocenters. The SMILES string of the molecule is O=c1[nH]ncn1-c1ccc2nc(Nc3cccc(N[C@H]4CC[C@H](O)CC4)n3)sc2c1. The maximum Gasteiger partial charge on any atom is 0.347 e. The minimum absolute atomic E-state index is 0.171. The molecule has 4 aromatic rings. The van der Waals surface area contributed by atoms with Crippen molar-refractivity contribution >= 4 is 38.3 Å². The van der Waals surface area contributed by atoms with Gasteiger partial charge in [-0.3, -0.25) is 0 Å². The molecule has 0 spiro atoms. The van der Waals surface area contributed by atoms with Gasteiger partial charge in [0.2, 0.25) is 0 Å². The normalized spacial score (nSPS) is 19.1. The second kappa shape index (κ2) is 7.88. The Bertz CT molecular complexity index is 1220. The lowest BCUT2D eigenvalue weighted by molar-refractivity contribution is 0.126. The molecule has 1 aliphatic carbocycles. The smallest absolute Gasteiger partial charge is 0.347 e. The van der Waals surface area contributed by atoms with E-state index in [2.05, 4.69) is 30.8 Å². The van der Waals surface area contributed by atoms with Crippen molar-refractivity contribution in [1.82, 2.24) is 24.7 Å². The summed E-state index contributed by atoms with van der Waals surface area (Å²) in [6.45, 7) is 0. The average molecular weight is 424 g/mol. The van der Waals surface area contributed by atoms with E-state index in [1.54, 1.807) is 0 Å². The lowest BCUT2D eigenvalue weighted by Gasteiger charge is -2.26. The zero-order valence-electron chi connectivity index (χ0n) is 16.1. The van der Waals surface area contributed by atoms with Crippen molar-refractivity contribution in [1.29, 1.82) is 0 Å². The number of aromatic nitrogens is 5. The maximum atomic E-state index is 11.8. The summed E-state index contributed by atoms with van der Waals surface area (Å²) in [7, 11) is 0. The fourth-order valence-corrected chi connectivity index (χ4v) is 4.58. The topological polar surface area (TPSA) is 121 Å². The van der Waals surface area contributed by atoms with Crippen LogP contribution in [0.3, 0.4) is 0 Å². The van der Waals surface area contributed by atoms with Crippen LogP contribution in [0.15, 0.2) is 47.5 Å². The number of aliphatic hydroxyl groups is 1. The van der Waals surface area contributed by atoms with Crippen molar-refractivity contribution in [3.63, 3.8) is 0 Å². The Morgan fingerprint density at radius 2 is 1.93 bits per heavy atom. The Kier molecular flexibility index (Phi) is 4.93. The van der Waals surface area contributed by atoms with Crippen LogP contribution < -0.4 is 16.3 Å². The molecular weight excluding hydrogens is 402 g/mol. The van der Waals surface area contributed by atoms with E-state index in [4.69, 9.17) is 0 Å². The van der Waals surface area contributed by atoms with Gasteiger partial charge in [-0.1, -0.05) is 17.4 Å². The van der Waals surface area contributed by atoms with Crippen molar-refractivity contribution in [3.8, 4) is 5.69 Å². The molecule has 30 heavy (non-hydrogen) atoms. The van der Waals surface area contributed by atoms with Gasteiger partial charge in [-0.25, -0.2) is 24.4 Å². The molecule has 5 rings (SSSR count). The van der Waals surface area contributed by atoms with Gasteiger partial charge in [0.15, 0.2) is 5.13 Å². The van der Waals surface area contributed by atoms with E-state index in [9.17, 15) is 9.90 Å². The molecule has 0 bridgehead atoms. The highest BCUT2D eigenvalue weighted by atomic mass is 32.1. The first-order chi connectivity index (χ1) is 14.6. The van der Waals surface area contributed by atoms with E-state index < -0.39 is 0 Å². The predicted octanol–water partition coefficient (Wildman–Crippen LogP) is 3.02. The van der Waals surface area contributed by atoms with Crippen molar-refractivity contribution < 1.29 is 5.11 Å². The molecule has 0 unspecified atom stereocenters. The number of fused-ring (bicyclic) bond motifs is 1. The first-order valence-corrected chi connectivity index (χ1v) is 10.7. The van der Waals surface area contributed by atoms with E-state index in [1.165, 1.54) is 22.2 Å². The van der Waals surface area contributed by atoms with Gasteiger partial charge in [-0.05, 0) is 56.0 Å². The summed E-state index contributed by atoms with van der Waals surface area (Å²) < 4.78 is 2.41. The molecule has 154 valence electrons. The van der Waals surface area contributed by atoms with Crippen molar-refractivity contribution in [3.05, 3.63) is 53.2 Å². The second-order valence-corrected chi connectivity index (χ2v) is 8.42. The Hall–Kier alpha value is -3.24. The highest BCUT2D eigenvalue weighted by Gasteiger charge is 2.19. The van der Waals surface area contributed by atoms with Crippen LogP contribution in [0.25, 0.3) is 15.9 Å². The molecule has 10 heteroatoms. The van der Waals surface area contributed by atoms with E-state index in [-0.39, 0.29) is 11.8 Å². The van der Waals surface area contributed by atoms with Crippen LogP contribution in [0.5, 0.6) is 0 Å². The number of aromatic amines is 1. The molecule has 1 aromatic carbocycles. The van der Waals surface area contributed by atoms with Gasteiger partial charge in [-0.2, -0.15) is 5.10 Å². The van der Waals surface area contributed by atoms with E-state index >= 15 is 0 Å². The van der Waals surface area contributed by atoms with Crippen LogP contribution in [0.2, 0.25) is 0 Å². The number of anilines is 3. The summed E-state index contributed by atoms with van der Waals surface area (Å²) in [5.74, 6) is 1.52. The number of thiazole rings is 1. The number of nitrogens with one attached hydrogen (secondary N) is 3. The lowest BCUT2D eigenvalue weighted by Crippen LogP contribution is -2.28. The number of aliphatic hydroxyl groups excluding tert-OH is 1. The molecule has 0 aliphatic heterocycles. The molecule has 1 saturated carbocycles. The van der Waals surface area contributed by atoms with E-state index in [0.717, 1.165) is 52.5 Å². The molecular formula is C20H21N7O2S. The largest absolute Gasteiger partial charge is 0.393 e. The second-order valence-electron chi connectivity index (χ2n) is 7.39. The van der Waals surface area contributed by atoms with Crippen LogP contribution in [-0.4, -0.2) is 42.0 Å². The van der Waals surface area contributed by atoms with Gasteiger partial charge < -0.3 is 15.7 Å². The molecule has 1 aliphatic rings. The molecule has 0 amide bonds. The molecule has 0 radical (unpaired) electrons. The standard InChI is InChI=1S/C20H21N7O2S/c28-14-7-4-12(5-8-14)22-17-2-1-3-18(24-17)25-19-23-15-9-6-13(10-16(15)30-19)27-11-21-26-20(27)29/h1-3,6,9-12,14,28H,4-5,7-8H2,(H,26,29)(H2,22,23,24,25)/t12-,14-. The van der Waals surface area contributed by atoms with Gasteiger partial charge in [0.05, 0.1) is 22.0 Å². The maximum absolute atomic E-state index is 11.8. The van der Waals surface area contributed by atoms with Crippen LogP contribution in [0.1, 0.15) is 25.7 Å². The summed E-state index contributed by atoms with van der Waals surface area (Å²) in [6, 6.07) is 11.8. The van der Waals surface area contributed by atoms with Crippen molar-refractivity contribution in [2.45, 2.75) is 37.8 Å². The number of rotatable bonds is 5. The molecule has 3 aromatic heterocycles. The Labute approximate surface area is 175 Å². The fourth-order valence-electron chi connectivity index (χ4n) is 3.67. The van der Waals surface area contributed by atoms with Gasteiger partial charge >= 0.3 is 5.69 Å². The number of benzene rings is 1. The van der Waals surface area contributed by atoms with E-state index in [1.807, 2.05) is 36.4 Å². The molecule has 3 heterocycles. The highest BCUT2D eigenvalue weighted by molar-refractivity contribution is 7.22. The summed E-state index contributed by atoms with van der Waals surface area (Å²) in [6.07, 6.45) is 4.83. The van der Waals surface area contributed by atoms with Gasteiger partial charge in [0, 0.05) is 6.04 Å². The highest BCUT2D eigenvalue weighted by Crippen LogP contribution is 2.30. The molecule has 9 nitrogen and oxygen atoms in total. The number of hydrogen-bond acceptors (Lipinski definition) is 8. The zero-order valence-corrected chi connectivity index (χ0v) is 16.9. The van der Waals surface area contributed by atoms with Crippen molar-refractivity contribution in [2.75, 3.05) is 10.6 Å². The van der Waals surface area contributed by atoms with E-state index in [0.29, 0.717) is 11.9 Å². The Balaban J connectivity index is 1.33. The number of hydrogen-bond donors (Lipinski definition) is 4. The van der Waals surface area contributed by atoms with Crippen LogP contribution in [0, 0.1) is 0 Å². The predicted molar refractivity (Wildman–Crippen MR) is 117 cm³/mol. The van der Waals surface area contributed by atoms with Gasteiger partial charge in [-0.15, -0.1) is 0 Å². The number of pyridine rings is 1. The summed E-state index contributed by atoms with van der Waals surface area (Å²) in [4.78, 5) is 21.0. The molecule has 1 fully saturated rings. The minimum Gasteiger partial charge on any atom is -0.393 e. The first-order valence-electron chi connectivity index (χ1n) is 9.86. The summed E-state index contributed by atoms with van der Waals surface area (Å²) >= 11 is 1.49. The van der Waals surface area contributed by atoms with Gasteiger partial charge in [0.1, 0.15) is 18.0 Å². The Morgan fingerprint density at radius 3 is 2.73 bits per heavy atom. The number of H-pyrrole nitrogens is 1. The quantitative estimate of drug-likeness (QED) is 0.389. The third-order valence-corrected chi connectivity index (χ3v) is 6.17. The van der Waals surface area contributed by atoms with Crippen LogP contribution in [0.4, 0.5) is 16.8 Å². The molecule has 4 N–H and O–H groups in total. The Morgan fingerprint density at radius 1 is 1.10 bits per heavy atom. The van der Waals surface area contributed by atoms with Crippen LogP contribution in [-0.2, 0) is 0 Å². The fraction of sp³-hybridized carbons (Fsp3) is 0.300. The average Bonchev–Trinajstić information content (AvgIpc) is 3.34. The summed E-state index contributed by atoms with van der Waals surface area (Å²) in [5, 5.41) is 23.3. The molecule has 0 saturated heterocycles. The first kappa shape index (κ1) is 18.8. The van der Waals surface area contributed by atoms with Crippen LogP contribution >= 0.6 is 11.3 Å². The third-order valence-electron chi connectivity index (χ3n) is 5.24. The summed E-state index contributed by atoms with van der Waals surface area (Å²) in [5.41, 5.74) is 1.30. The monoisotopic (exact) mass is 423 g/mol. The van der Waals surface area contributed by atoms with Gasteiger partial charge in [0.25, 0.3) is 0 Å². The minimum atomic E-state index is -0.279. The van der Waals surface area contributed by atoms with Crippen molar-refractivity contribution in [2.24, 2.45) is 0 Å².